The maximum Gasteiger partial charge on any atom is 0.307 e. The van der Waals surface area contributed by atoms with E-state index in [1.165, 1.54) is 0 Å². The Morgan fingerprint density at radius 3 is 2.71 bits per heavy atom. The lowest BCUT2D eigenvalue weighted by Crippen LogP contribution is -2.32. The zero-order chi connectivity index (χ0) is 12.4. The average molecular weight is 240 g/mol. The summed E-state index contributed by atoms with van der Waals surface area (Å²) in [5.74, 6) is -1.11. The van der Waals surface area contributed by atoms with Crippen LogP contribution in [0.2, 0.25) is 0 Å². The molecule has 1 saturated carbocycles. The van der Waals surface area contributed by atoms with Crippen molar-refractivity contribution >= 4 is 11.9 Å². The molecule has 5 heteroatoms. The van der Waals surface area contributed by atoms with Gasteiger partial charge in [-0.1, -0.05) is 6.92 Å². The second-order valence-corrected chi connectivity index (χ2v) is 5.08. The molecule has 1 amide bonds. The molecular formula is C12H20N2O3. The monoisotopic (exact) mass is 240 g/mol. The average Bonchev–Trinajstić information content (AvgIpc) is 2.99. The number of carboxylic acid groups (broad SMARTS) is 1. The third-order valence-corrected chi connectivity index (χ3v) is 3.83. The van der Waals surface area contributed by atoms with E-state index >= 15 is 0 Å². The summed E-state index contributed by atoms with van der Waals surface area (Å²) in [4.78, 5) is 24.6. The molecule has 17 heavy (non-hydrogen) atoms. The van der Waals surface area contributed by atoms with E-state index in [0.717, 1.165) is 26.1 Å². The smallest absolute Gasteiger partial charge is 0.307 e. The van der Waals surface area contributed by atoms with E-state index in [2.05, 4.69) is 17.1 Å². The highest BCUT2D eigenvalue weighted by molar-refractivity contribution is 5.89. The van der Waals surface area contributed by atoms with E-state index in [1.54, 1.807) is 0 Å². The van der Waals surface area contributed by atoms with Gasteiger partial charge in [0.05, 0.1) is 11.8 Å². The molecule has 2 rings (SSSR count). The Labute approximate surface area is 101 Å². The van der Waals surface area contributed by atoms with Crippen LogP contribution in [0.1, 0.15) is 19.8 Å². The first-order valence-electron chi connectivity index (χ1n) is 6.34. The lowest BCUT2D eigenvalue weighted by molar-refractivity contribution is -0.140. The molecule has 0 spiro atoms. The van der Waals surface area contributed by atoms with Crippen LogP contribution in [0, 0.1) is 17.8 Å². The van der Waals surface area contributed by atoms with Gasteiger partial charge in [-0.25, -0.2) is 0 Å². The van der Waals surface area contributed by atoms with Gasteiger partial charge < -0.3 is 15.3 Å². The quantitative estimate of drug-likeness (QED) is 0.718. The number of nitrogens with zero attached hydrogens (tertiary/aromatic N) is 1. The molecule has 2 N–H and O–H groups in total. The fourth-order valence-electron chi connectivity index (χ4n) is 2.50. The zero-order valence-corrected chi connectivity index (χ0v) is 10.2. The summed E-state index contributed by atoms with van der Waals surface area (Å²) >= 11 is 0. The third kappa shape index (κ3) is 2.97. The van der Waals surface area contributed by atoms with Crippen LogP contribution < -0.4 is 5.32 Å². The summed E-state index contributed by atoms with van der Waals surface area (Å²) in [5.41, 5.74) is 0. The van der Waals surface area contributed by atoms with Crippen molar-refractivity contribution in [2.24, 2.45) is 17.8 Å². The molecule has 96 valence electrons. The van der Waals surface area contributed by atoms with Crippen molar-refractivity contribution in [3.8, 4) is 0 Å². The highest BCUT2D eigenvalue weighted by Gasteiger charge is 2.48. The van der Waals surface area contributed by atoms with Crippen LogP contribution in [-0.4, -0.2) is 48.1 Å². The zero-order valence-electron chi connectivity index (χ0n) is 10.2. The number of nitrogens with one attached hydrogen (secondary N) is 1. The first-order valence-corrected chi connectivity index (χ1v) is 6.34. The van der Waals surface area contributed by atoms with Crippen molar-refractivity contribution in [3.05, 3.63) is 0 Å². The first kappa shape index (κ1) is 12.4. The third-order valence-electron chi connectivity index (χ3n) is 3.83. The van der Waals surface area contributed by atoms with E-state index in [1.807, 2.05) is 0 Å². The predicted molar refractivity (Wildman–Crippen MR) is 62.5 cm³/mol. The number of hydrogen-bond acceptors (Lipinski definition) is 3. The summed E-state index contributed by atoms with van der Waals surface area (Å²) in [6, 6.07) is 0. The standard InChI is InChI=1S/C12H20N2O3/c1-2-14-4-3-8(7-14)6-13-11(15)9-5-10(9)12(16)17/h8-10H,2-7H2,1H3,(H,13,15)(H,16,17). The van der Waals surface area contributed by atoms with Crippen molar-refractivity contribution in [2.45, 2.75) is 19.8 Å². The van der Waals surface area contributed by atoms with E-state index in [4.69, 9.17) is 5.11 Å². The highest BCUT2D eigenvalue weighted by atomic mass is 16.4. The lowest BCUT2D eigenvalue weighted by Gasteiger charge is -2.13. The fraction of sp³-hybridized carbons (Fsp3) is 0.833. The topological polar surface area (TPSA) is 69.6 Å². The highest BCUT2D eigenvalue weighted by Crippen LogP contribution is 2.38. The first-order chi connectivity index (χ1) is 8.11. The summed E-state index contributed by atoms with van der Waals surface area (Å²) in [5, 5.41) is 11.6. The number of rotatable bonds is 5. The summed E-state index contributed by atoms with van der Waals surface area (Å²) in [6.45, 7) is 6.05. The molecule has 3 unspecified atom stereocenters. The molecule has 0 aromatic carbocycles. The molecular weight excluding hydrogens is 220 g/mol. The largest absolute Gasteiger partial charge is 0.481 e. The minimum absolute atomic E-state index is 0.0765. The van der Waals surface area contributed by atoms with Crippen LogP contribution in [0.4, 0.5) is 0 Å². The maximum absolute atomic E-state index is 11.6. The number of carbonyl (C=O) groups is 2. The normalized spacial score (nSPS) is 32.4. The molecule has 0 radical (unpaired) electrons. The van der Waals surface area contributed by atoms with Crippen LogP contribution in [0.3, 0.4) is 0 Å². The Morgan fingerprint density at radius 1 is 1.41 bits per heavy atom. The van der Waals surface area contributed by atoms with Gasteiger partial charge in [-0.3, -0.25) is 9.59 Å². The molecule has 1 aliphatic heterocycles. The van der Waals surface area contributed by atoms with E-state index in [0.29, 0.717) is 18.9 Å². The molecule has 2 fully saturated rings. The second-order valence-electron chi connectivity index (χ2n) is 5.08. The van der Waals surface area contributed by atoms with E-state index in [9.17, 15) is 9.59 Å². The van der Waals surface area contributed by atoms with Crippen LogP contribution in [-0.2, 0) is 9.59 Å². The molecule has 5 nitrogen and oxygen atoms in total. The Kier molecular flexibility index (Phi) is 3.66. The van der Waals surface area contributed by atoms with Crippen molar-refractivity contribution in [1.82, 2.24) is 10.2 Å². The molecule has 1 saturated heterocycles. The van der Waals surface area contributed by atoms with Crippen LogP contribution in [0.15, 0.2) is 0 Å². The van der Waals surface area contributed by atoms with E-state index < -0.39 is 11.9 Å². The van der Waals surface area contributed by atoms with Crippen LogP contribution >= 0.6 is 0 Å². The Morgan fingerprint density at radius 2 is 2.18 bits per heavy atom. The fourth-order valence-corrected chi connectivity index (χ4v) is 2.50. The van der Waals surface area contributed by atoms with Gasteiger partial charge in [-0.15, -0.1) is 0 Å². The van der Waals surface area contributed by atoms with Gasteiger partial charge in [0.15, 0.2) is 0 Å². The number of carboxylic acids is 1. The predicted octanol–water partition coefficient (Wildman–Crippen LogP) is 0.165. The van der Waals surface area contributed by atoms with Crippen molar-refractivity contribution < 1.29 is 14.7 Å². The Bertz CT molecular complexity index is 319. The number of likely N-dealkylation sites (tertiary alicyclic amines) is 1. The number of carbonyl (C=O) groups excluding carboxylic acids is 1. The molecule has 2 aliphatic rings. The summed E-state index contributed by atoms with van der Waals surface area (Å²) in [7, 11) is 0. The van der Waals surface area contributed by atoms with Gasteiger partial charge >= 0.3 is 5.97 Å². The van der Waals surface area contributed by atoms with Crippen molar-refractivity contribution in [1.29, 1.82) is 0 Å². The molecule has 0 aromatic heterocycles. The number of amides is 1. The van der Waals surface area contributed by atoms with Crippen LogP contribution in [0.25, 0.3) is 0 Å². The van der Waals surface area contributed by atoms with Gasteiger partial charge in [-0.05, 0) is 31.8 Å². The van der Waals surface area contributed by atoms with Gasteiger partial charge in [-0.2, -0.15) is 0 Å². The Hall–Kier alpha value is -1.10. The summed E-state index contributed by atoms with van der Waals surface area (Å²) in [6.07, 6.45) is 1.63. The minimum Gasteiger partial charge on any atom is -0.481 e. The van der Waals surface area contributed by atoms with Gasteiger partial charge in [0.2, 0.25) is 5.91 Å². The van der Waals surface area contributed by atoms with Crippen molar-refractivity contribution in [2.75, 3.05) is 26.2 Å². The molecule has 0 bridgehead atoms. The molecule has 1 heterocycles. The van der Waals surface area contributed by atoms with Gasteiger partial charge in [0, 0.05) is 13.1 Å². The second kappa shape index (κ2) is 5.04. The lowest BCUT2D eigenvalue weighted by atomic mass is 10.1. The minimum atomic E-state index is -0.844. The molecule has 0 aromatic rings. The SMILES string of the molecule is CCN1CCC(CNC(=O)C2CC2C(=O)O)C1. The van der Waals surface area contributed by atoms with E-state index in [-0.39, 0.29) is 11.8 Å². The summed E-state index contributed by atoms with van der Waals surface area (Å²) < 4.78 is 0. The van der Waals surface area contributed by atoms with Crippen LogP contribution in [0.5, 0.6) is 0 Å². The van der Waals surface area contributed by atoms with Gasteiger partial charge in [0.1, 0.15) is 0 Å². The number of hydrogen-bond donors (Lipinski definition) is 2. The molecule has 3 atom stereocenters. The maximum atomic E-state index is 11.6. The number of aliphatic carboxylic acids is 1. The van der Waals surface area contributed by atoms with Crippen molar-refractivity contribution in [3.63, 3.8) is 0 Å². The Balaban J connectivity index is 1.66. The molecule has 1 aliphatic carbocycles. The van der Waals surface area contributed by atoms with Gasteiger partial charge in [0.25, 0.3) is 0 Å².